The third-order valence-electron chi connectivity index (χ3n) is 6.19. The molecular weight excluding hydrogens is 523 g/mol. The molecular formula is C25H34Cl2N4O6. The second kappa shape index (κ2) is 14.5. The molecule has 0 bridgehead atoms. The van der Waals surface area contributed by atoms with Crippen LogP contribution in [0.3, 0.4) is 0 Å². The fraction of sp³-hybridized carbons (Fsp3) is 0.440. The molecule has 0 aromatic heterocycles. The number of rotatable bonds is 12. The number of fused-ring (bicyclic) bond motifs is 4. The number of anilines is 2. The summed E-state index contributed by atoms with van der Waals surface area (Å²) in [4.78, 5) is 27.7. The van der Waals surface area contributed by atoms with Gasteiger partial charge in [-0.15, -0.1) is 24.8 Å². The monoisotopic (exact) mass is 556 g/mol. The quantitative estimate of drug-likeness (QED) is 0.161. The van der Waals surface area contributed by atoms with Gasteiger partial charge < -0.3 is 41.3 Å². The van der Waals surface area contributed by atoms with Gasteiger partial charge in [0.05, 0.1) is 43.1 Å². The number of nitrogens with one attached hydrogen (secondary N) is 4. The largest absolute Gasteiger partial charge is 0.507 e. The molecule has 0 saturated heterocycles. The van der Waals surface area contributed by atoms with Gasteiger partial charge in [-0.25, -0.2) is 0 Å². The summed E-state index contributed by atoms with van der Waals surface area (Å²) in [5.41, 5.74) is 3.27. The highest BCUT2D eigenvalue weighted by Crippen LogP contribution is 2.42. The number of benzene rings is 2. The third kappa shape index (κ3) is 6.53. The number of hydrogen-bond acceptors (Lipinski definition) is 10. The van der Waals surface area contributed by atoms with E-state index >= 15 is 0 Å². The van der Waals surface area contributed by atoms with Crippen molar-refractivity contribution in [1.82, 2.24) is 10.6 Å². The molecule has 10 nitrogen and oxygen atoms in total. The summed E-state index contributed by atoms with van der Waals surface area (Å²) in [6, 6.07) is 5.10. The van der Waals surface area contributed by atoms with E-state index in [2.05, 4.69) is 21.3 Å². The van der Waals surface area contributed by atoms with E-state index in [0.29, 0.717) is 69.2 Å². The Bertz CT molecular complexity index is 1120. The molecule has 1 heterocycles. The van der Waals surface area contributed by atoms with Crippen molar-refractivity contribution in [2.45, 2.75) is 13.0 Å². The van der Waals surface area contributed by atoms with E-state index in [1.165, 1.54) is 0 Å². The normalized spacial score (nSPS) is 13.6. The molecule has 0 amide bonds. The molecule has 37 heavy (non-hydrogen) atoms. The fourth-order valence-electron chi connectivity index (χ4n) is 4.59. The number of aliphatic hydroxyl groups is 2. The predicted molar refractivity (Wildman–Crippen MR) is 146 cm³/mol. The zero-order chi connectivity index (χ0) is 24.8. The Morgan fingerprint density at radius 1 is 0.757 bits per heavy atom. The molecule has 0 unspecified atom stereocenters. The molecule has 12 heteroatoms. The van der Waals surface area contributed by atoms with Crippen molar-refractivity contribution in [3.63, 3.8) is 0 Å². The minimum Gasteiger partial charge on any atom is -0.507 e. The van der Waals surface area contributed by atoms with E-state index in [1.54, 1.807) is 18.2 Å². The maximum absolute atomic E-state index is 13.9. The van der Waals surface area contributed by atoms with Crippen LogP contribution in [0, 0.1) is 0 Å². The molecule has 4 rings (SSSR count). The van der Waals surface area contributed by atoms with E-state index in [0.717, 1.165) is 5.56 Å². The molecule has 0 saturated carbocycles. The van der Waals surface area contributed by atoms with Gasteiger partial charge in [-0.2, -0.15) is 0 Å². The zero-order valence-corrected chi connectivity index (χ0v) is 22.0. The van der Waals surface area contributed by atoms with Crippen molar-refractivity contribution in [3.05, 3.63) is 51.6 Å². The number of aromatic hydroxyl groups is 1. The lowest BCUT2D eigenvalue weighted by Gasteiger charge is -2.28. The molecule has 2 aromatic carbocycles. The number of hydrogen-bond donors (Lipinski definition) is 7. The number of aliphatic hydroxyl groups excluding tert-OH is 2. The van der Waals surface area contributed by atoms with E-state index in [1.807, 2.05) is 0 Å². The van der Waals surface area contributed by atoms with E-state index < -0.39 is 5.78 Å². The average molecular weight is 557 g/mol. The Balaban J connectivity index is 0.00000241. The van der Waals surface area contributed by atoms with Crippen LogP contribution in [0.5, 0.6) is 5.75 Å². The predicted octanol–water partition coefficient (Wildman–Crippen LogP) is 1.07. The van der Waals surface area contributed by atoms with Gasteiger partial charge in [0.2, 0.25) is 0 Å². The van der Waals surface area contributed by atoms with Crippen molar-refractivity contribution < 1.29 is 29.6 Å². The number of phenolic OH excluding ortho intramolecular Hbond substituents is 1. The summed E-state index contributed by atoms with van der Waals surface area (Å²) >= 11 is 0. The first-order valence-corrected chi connectivity index (χ1v) is 11.9. The summed E-state index contributed by atoms with van der Waals surface area (Å²) < 4.78 is 5.59. The van der Waals surface area contributed by atoms with Gasteiger partial charge in [-0.05, 0) is 35.7 Å². The summed E-state index contributed by atoms with van der Waals surface area (Å²) in [6.45, 7) is 3.77. The number of carbonyl (C=O) groups is 2. The SMILES string of the molecule is Cl.Cl.O=C1c2c(O)cc3c(c2C(=O)c2c(NCCNCCO)ccc(NCCNCCO)c21)COCC3. The number of halogens is 2. The topological polar surface area (TPSA) is 152 Å². The number of ether oxygens (including phenoxy) is 1. The first-order chi connectivity index (χ1) is 17.1. The highest BCUT2D eigenvalue weighted by molar-refractivity contribution is 6.33. The minimum absolute atomic E-state index is 0. The van der Waals surface area contributed by atoms with Crippen molar-refractivity contribution >= 4 is 47.8 Å². The Labute approximate surface area is 228 Å². The summed E-state index contributed by atoms with van der Waals surface area (Å²) in [5.74, 6) is -0.916. The Hall–Kier alpha value is -2.44. The van der Waals surface area contributed by atoms with Crippen LogP contribution in [0.15, 0.2) is 18.2 Å². The van der Waals surface area contributed by atoms with Crippen LogP contribution < -0.4 is 21.3 Å². The van der Waals surface area contributed by atoms with Crippen molar-refractivity contribution in [1.29, 1.82) is 0 Å². The van der Waals surface area contributed by atoms with Crippen LogP contribution in [-0.4, -0.2) is 86.0 Å². The first kappa shape index (κ1) is 30.8. The second-order valence-corrected chi connectivity index (χ2v) is 8.46. The molecule has 2 aliphatic rings. The highest BCUT2D eigenvalue weighted by Gasteiger charge is 2.39. The lowest BCUT2D eigenvalue weighted by molar-refractivity contribution is 0.0951. The zero-order valence-electron chi connectivity index (χ0n) is 20.4. The maximum Gasteiger partial charge on any atom is 0.200 e. The fourth-order valence-corrected chi connectivity index (χ4v) is 4.59. The summed E-state index contributed by atoms with van der Waals surface area (Å²) in [5, 5.41) is 41.2. The average Bonchev–Trinajstić information content (AvgIpc) is 2.86. The molecule has 1 aliphatic heterocycles. The third-order valence-corrected chi connectivity index (χ3v) is 6.19. The minimum atomic E-state index is -0.409. The van der Waals surface area contributed by atoms with Crippen LogP contribution in [0.2, 0.25) is 0 Å². The number of ketones is 2. The molecule has 0 radical (unpaired) electrons. The first-order valence-electron chi connectivity index (χ1n) is 11.9. The Morgan fingerprint density at radius 2 is 1.30 bits per heavy atom. The van der Waals surface area contributed by atoms with Gasteiger partial charge in [0, 0.05) is 56.2 Å². The van der Waals surface area contributed by atoms with Crippen LogP contribution in [0.25, 0.3) is 0 Å². The molecule has 0 fully saturated rings. The van der Waals surface area contributed by atoms with Gasteiger partial charge in [-0.3, -0.25) is 9.59 Å². The molecule has 204 valence electrons. The van der Waals surface area contributed by atoms with E-state index in [-0.39, 0.29) is 78.4 Å². The van der Waals surface area contributed by atoms with Gasteiger partial charge in [0.15, 0.2) is 11.6 Å². The van der Waals surface area contributed by atoms with Crippen LogP contribution in [-0.2, 0) is 17.8 Å². The van der Waals surface area contributed by atoms with Crippen molar-refractivity contribution in [2.24, 2.45) is 0 Å². The van der Waals surface area contributed by atoms with Crippen molar-refractivity contribution in [3.8, 4) is 5.75 Å². The van der Waals surface area contributed by atoms with Gasteiger partial charge >= 0.3 is 0 Å². The molecule has 1 aliphatic carbocycles. The number of phenols is 1. The smallest absolute Gasteiger partial charge is 0.200 e. The molecule has 0 atom stereocenters. The van der Waals surface area contributed by atoms with Gasteiger partial charge in [0.1, 0.15) is 5.75 Å². The standard InChI is InChI=1S/C25H32N4O6.2ClH/c30-10-8-26-4-6-28-17-1-2-18(29-7-5-27-9-11-31)22-21(17)24(33)20-16-14-35-12-3-15(16)13-19(32)23(20)25(22)34;;/h1-2,13,26-32H,3-12,14H2;2*1H. The lowest BCUT2D eigenvalue weighted by atomic mass is 9.78. The second-order valence-electron chi connectivity index (χ2n) is 8.46. The lowest BCUT2D eigenvalue weighted by Crippen LogP contribution is -2.30. The van der Waals surface area contributed by atoms with Crippen LogP contribution in [0.1, 0.15) is 43.0 Å². The van der Waals surface area contributed by atoms with E-state index in [9.17, 15) is 14.7 Å². The summed E-state index contributed by atoms with van der Waals surface area (Å²) in [7, 11) is 0. The molecule has 2 aromatic rings. The van der Waals surface area contributed by atoms with Crippen LogP contribution in [0.4, 0.5) is 11.4 Å². The maximum atomic E-state index is 13.9. The van der Waals surface area contributed by atoms with Gasteiger partial charge in [-0.1, -0.05) is 0 Å². The highest BCUT2D eigenvalue weighted by atomic mass is 35.5. The van der Waals surface area contributed by atoms with Gasteiger partial charge in [0.25, 0.3) is 0 Å². The van der Waals surface area contributed by atoms with E-state index in [4.69, 9.17) is 14.9 Å². The summed E-state index contributed by atoms with van der Waals surface area (Å²) in [6.07, 6.45) is 0.564. The molecule has 7 N–H and O–H groups in total. The number of carbonyl (C=O) groups excluding carboxylic acids is 2. The Morgan fingerprint density at radius 3 is 1.84 bits per heavy atom. The molecule has 0 spiro atoms. The van der Waals surface area contributed by atoms with Crippen molar-refractivity contribution in [2.75, 3.05) is 69.7 Å². The van der Waals surface area contributed by atoms with Crippen LogP contribution >= 0.6 is 24.8 Å². The Kier molecular flexibility index (Phi) is 12.1.